The molecule has 22 heavy (non-hydrogen) atoms. The fourth-order valence-corrected chi connectivity index (χ4v) is 3.24. The first-order valence-corrected chi connectivity index (χ1v) is 8.56. The van der Waals surface area contributed by atoms with Crippen molar-refractivity contribution in [2.24, 2.45) is 0 Å². The molecule has 0 aliphatic rings. The van der Waals surface area contributed by atoms with Crippen molar-refractivity contribution in [3.05, 3.63) is 63.9 Å². The van der Waals surface area contributed by atoms with Crippen molar-refractivity contribution < 1.29 is 4.79 Å². The Hall–Kier alpha value is -1.63. The number of nitrogens with one attached hydrogen (secondary N) is 1. The molecule has 1 aromatic heterocycles. The van der Waals surface area contributed by atoms with Crippen molar-refractivity contribution in [2.45, 2.75) is 4.90 Å². The van der Waals surface area contributed by atoms with E-state index in [-0.39, 0.29) is 5.91 Å². The zero-order chi connectivity index (χ0) is 15.5. The van der Waals surface area contributed by atoms with E-state index in [1.807, 2.05) is 41.8 Å². The molecule has 0 radical (unpaired) electrons. The van der Waals surface area contributed by atoms with Crippen LogP contribution in [0.5, 0.6) is 0 Å². The Bertz CT molecular complexity index is 818. The molecule has 1 heterocycles. The van der Waals surface area contributed by atoms with Crippen molar-refractivity contribution in [2.75, 3.05) is 5.32 Å². The summed E-state index contributed by atoms with van der Waals surface area (Å²) in [5.74, 6) is -0.222. The van der Waals surface area contributed by atoms with Crippen LogP contribution >= 0.6 is 39.9 Å². The van der Waals surface area contributed by atoms with Crippen molar-refractivity contribution in [1.82, 2.24) is 4.98 Å². The van der Waals surface area contributed by atoms with Gasteiger partial charge in [0.25, 0.3) is 5.91 Å². The molecule has 0 unspecified atom stereocenters. The number of aromatic nitrogens is 1. The van der Waals surface area contributed by atoms with E-state index < -0.39 is 0 Å². The van der Waals surface area contributed by atoms with Crippen LogP contribution in [0.1, 0.15) is 10.4 Å². The standard InChI is InChI=1S/C16H11BrN2OS2/c17-11-6-7-14(21)12(8-11)15(20)19-16-18-13(9-22-16)10-4-2-1-3-5-10/h1-9,21H,(H,18,19,20). The van der Waals surface area contributed by atoms with Gasteiger partial charge in [-0.1, -0.05) is 46.3 Å². The van der Waals surface area contributed by atoms with Crippen LogP contribution in [0.25, 0.3) is 11.3 Å². The molecule has 0 bridgehead atoms. The summed E-state index contributed by atoms with van der Waals surface area (Å²) in [6, 6.07) is 15.2. The number of halogens is 1. The van der Waals surface area contributed by atoms with E-state index >= 15 is 0 Å². The molecule has 0 fully saturated rings. The second-order valence-electron chi connectivity index (χ2n) is 4.52. The molecule has 3 nitrogen and oxygen atoms in total. The maximum Gasteiger partial charge on any atom is 0.258 e. The van der Waals surface area contributed by atoms with Gasteiger partial charge < -0.3 is 0 Å². The summed E-state index contributed by atoms with van der Waals surface area (Å²) in [5, 5.41) is 5.31. The van der Waals surface area contributed by atoms with Crippen LogP contribution in [0.15, 0.2) is 63.3 Å². The average Bonchev–Trinajstić information content (AvgIpc) is 2.99. The second-order valence-corrected chi connectivity index (χ2v) is 6.78. The molecule has 2 aromatic carbocycles. The number of hydrogen-bond donors (Lipinski definition) is 2. The highest BCUT2D eigenvalue weighted by molar-refractivity contribution is 9.10. The van der Waals surface area contributed by atoms with Crippen molar-refractivity contribution in [3.63, 3.8) is 0 Å². The Balaban J connectivity index is 1.81. The molecule has 3 rings (SSSR count). The minimum absolute atomic E-state index is 0.222. The summed E-state index contributed by atoms with van der Waals surface area (Å²) in [4.78, 5) is 17.4. The molecule has 0 aliphatic carbocycles. The van der Waals surface area contributed by atoms with Gasteiger partial charge in [-0.2, -0.15) is 0 Å². The third-order valence-corrected chi connectivity index (χ3v) is 4.64. The topological polar surface area (TPSA) is 42.0 Å². The second kappa shape index (κ2) is 6.64. The molecule has 0 saturated carbocycles. The smallest absolute Gasteiger partial charge is 0.258 e. The number of carbonyl (C=O) groups is 1. The number of carbonyl (C=O) groups excluding carboxylic acids is 1. The summed E-state index contributed by atoms with van der Waals surface area (Å²) in [7, 11) is 0. The minimum atomic E-state index is -0.222. The summed E-state index contributed by atoms with van der Waals surface area (Å²) in [6.07, 6.45) is 0. The number of nitrogens with zero attached hydrogens (tertiary/aromatic N) is 1. The number of thiazole rings is 1. The van der Waals surface area contributed by atoms with Crippen molar-refractivity contribution in [3.8, 4) is 11.3 Å². The molecule has 0 atom stereocenters. The van der Waals surface area contributed by atoms with E-state index in [1.54, 1.807) is 12.1 Å². The molecule has 1 N–H and O–H groups in total. The summed E-state index contributed by atoms with van der Waals surface area (Å²) >= 11 is 9.07. The zero-order valence-electron chi connectivity index (χ0n) is 11.3. The number of hydrogen-bond acceptors (Lipinski definition) is 4. The van der Waals surface area contributed by atoms with Gasteiger partial charge in [-0.15, -0.1) is 24.0 Å². The van der Waals surface area contributed by atoms with E-state index in [4.69, 9.17) is 0 Å². The van der Waals surface area contributed by atoms with Gasteiger partial charge in [-0.3, -0.25) is 10.1 Å². The molecular formula is C16H11BrN2OS2. The van der Waals surface area contributed by atoms with Gasteiger partial charge in [0.15, 0.2) is 5.13 Å². The van der Waals surface area contributed by atoms with Gasteiger partial charge in [0.2, 0.25) is 0 Å². The van der Waals surface area contributed by atoms with Crippen LogP contribution in [0, 0.1) is 0 Å². The molecule has 6 heteroatoms. The van der Waals surface area contributed by atoms with E-state index in [1.165, 1.54) is 11.3 Å². The van der Waals surface area contributed by atoms with Gasteiger partial charge in [-0.25, -0.2) is 4.98 Å². The number of anilines is 1. The van der Waals surface area contributed by atoms with E-state index in [9.17, 15) is 4.79 Å². The first kappa shape index (κ1) is 15.3. The predicted molar refractivity (Wildman–Crippen MR) is 96.9 cm³/mol. The molecule has 0 saturated heterocycles. The maximum atomic E-state index is 12.3. The minimum Gasteiger partial charge on any atom is -0.298 e. The fraction of sp³-hybridized carbons (Fsp3) is 0. The van der Waals surface area contributed by atoms with Gasteiger partial charge in [-0.05, 0) is 18.2 Å². The normalized spacial score (nSPS) is 10.5. The Labute approximate surface area is 146 Å². The van der Waals surface area contributed by atoms with Crippen LogP contribution in [0.2, 0.25) is 0 Å². The van der Waals surface area contributed by atoms with Crippen LogP contribution in [-0.4, -0.2) is 10.9 Å². The molecule has 110 valence electrons. The Morgan fingerprint density at radius 2 is 1.95 bits per heavy atom. The Morgan fingerprint density at radius 1 is 1.18 bits per heavy atom. The zero-order valence-corrected chi connectivity index (χ0v) is 14.6. The van der Waals surface area contributed by atoms with E-state index in [2.05, 4.69) is 38.9 Å². The molecule has 0 aliphatic heterocycles. The predicted octanol–water partition coefficient (Wildman–Crippen LogP) is 5.11. The first-order chi connectivity index (χ1) is 10.6. The third kappa shape index (κ3) is 3.40. The van der Waals surface area contributed by atoms with E-state index in [0.29, 0.717) is 15.6 Å². The summed E-state index contributed by atoms with van der Waals surface area (Å²) in [5.41, 5.74) is 2.38. The van der Waals surface area contributed by atoms with Gasteiger partial charge in [0.05, 0.1) is 11.3 Å². The molecule has 3 aromatic rings. The van der Waals surface area contributed by atoms with Gasteiger partial charge in [0, 0.05) is 20.3 Å². The SMILES string of the molecule is O=C(Nc1nc(-c2ccccc2)cs1)c1cc(Br)ccc1S. The molecular weight excluding hydrogens is 380 g/mol. The lowest BCUT2D eigenvalue weighted by Gasteiger charge is -2.05. The highest BCUT2D eigenvalue weighted by Crippen LogP contribution is 2.26. The van der Waals surface area contributed by atoms with E-state index in [0.717, 1.165) is 15.7 Å². The van der Waals surface area contributed by atoms with Crippen LogP contribution in [0.4, 0.5) is 5.13 Å². The summed E-state index contributed by atoms with van der Waals surface area (Å²) in [6.45, 7) is 0. The van der Waals surface area contributed by atoms with Gasteiger partial charge in [0.1, 0.15) is 0 Å². The van der Waals surface area contributed by atoms with Crippen LogP contribution < -0.4 is 5.32 Å². The lowest BCUT2D eigenvalue weighted by molar-refractivity contribution is 0.102. The summed E-state index contributed by atoms with van der Waals surface area (Å²) < 4.78 is 0.833. The Morgan fingerprint density at radius 3 is 2.73 bits per heavy atom. The number of amides is 1. The van der Waals surface area contributed by atoms with Crippen LogP contribution in [-0.2, 0) is 0 Å². The fourth-order valence-electron chi connectivity index (χ4n) is 1.93. The Kier molecular flexibility index (Phi) is 4.61. The average molecular weight is 391 g/mol. The first-order valence-electron chi connectivity index (χ1n) is 6.44. The molecule has 1 amide bonds. The third-order valence-electron chi connectivity index (χ3n) is 3.00. The lowest BCUT2D eigenvalue weighted by atomic mass is 10.2. The number of thiol groups is 1. The van der Waals surface area contributed by atoms with Crippen molar-refractivity contribution >= 4 is 50.9 Å². The van der Waals surface area contributed by atoms with Crippen molar-refractivity contribution in [1.29, 1.82) is 0 Å². The van der Waals surface area contributed by atoms with Crippen LogP contribution in [0.3, 0.4) is 0 Å². The number of rotatable bonds is 3. The molecule has 0 spiro atoms. The highest BCUT2D eigenvalue weighted by Gasteiger charge is 2.13. The maximum absolute atomic E-state index is 12.3. The lowest BCUT2D eigenvalue weighted by Crippen LogP contribution is -2.12. The highest BCUT2D eigenvalue weighted by atomic mass is 79.9. The largest absolute Gasteiger partial charge is 0.298 e. The van der Waals surface area contributed by atoms with Gasteiger partial charge >= 0.3 is 0 Å². The quantitative estimate of drug-likeness (QED) is 0.609. The number of benzene rings is 2. The monoisotopic (exact) mass is 390 g/mol.